The van der Waals surface area contributed by atoms with Crippen molar-refractivity contribution in [3.63, 3.8) is 0 Å². The number of carbonyl (C=O) groups excluding carboxylic acids is 1. The fraction of sp³-hybridized carbons (Fsp3) is 0.158. The molecular formula is C19H16Cl2FN5O3. The first kappa shape index (κ1) is 21.5. The summed E-state index contributed by atoms with van der Waals surface area (Å²) >= 11 is 12.2. The lowest BCUT2D eigenvalue weighted by molar-refractivity contribution is -0.106. The van der Waals surface area contributed by atoms with Crippen LogP contribution in [0.25, 0.3) is 0 Å². The van der Waals surface area contributed by atoms with E-state index in [-0.39, 0.29) is 38.6 Å². The molecule has 30 heavy (non-hydrogen) atoms. The fourth-order valence-corrected chi connectivity index (χ4v) is 3.40. The molecule has 1 amide bonds. The minimum atomic E-state index is -0.790. The molecule has 0 unspecified atom stereocenters. The zero-order valence-electron chi connectivity index (χ0n) is 15.8. The Hall–Kier alpha value is -3.17. The SMILES string of the molecule is C[C@H](Oc1cc(N(C=O)c2ccc(=O)n(C)c2)nnc1N)c1c(Cl)ccc(F)c1Cl. The summed E-state index contributed by atoms with van der Waals surface area (Å²) in [4.78, 5) is 24.4. The van der Waals surface area contributed by atoms with Gasteiger partial charge < -0.3 is 15.0 Å². The highest BCUT2D eigenvalue weighted by Crippen LogP contribution is 2.36. The summed E-state index contributed by atoms with van der Waals surface area (Å²) in [5.74, 6) is -0.521. The van der Waals surface area contributed by atoms with Crippen LogP contribution in [0, 0.1) is 5.82 Å². The maximum absolute atomic E-state index is 13.8. The molecule has 2 N–H and O–H groups in total. The predicted octanol–water partition coefficient (Wildman–Crippen LogP) is 3.64. The van der Waals surface area contributed by atoms with Crippen molar-refractivity contribution >= 4 is 46.9 Å². The number of aromatic nitrogens is 3. The van der Waals surface area contributed by atoms with Crippen LogP contribution in [0.4, 0.5) is 21.7 Å². The van der Waals surface area contributed by atoms with E-state index in [1.54, 1.807) is 14.0 Å². The van der Waals surface area contributed by atoms with Crippen molar-refractivity contribution in [3.8, 4) is 5.75 Å². The Balaban J connectivity index is 1.97. The lowest BCUT2D eigenvalue weighted by Gasteiger charge is -2.21. The van der Waals surface area contributed by atoms with E-state index >= 15 is 0 Å². The van der Waals surface area contributed by atoms with E-state index in [0.29, 0.717) is 12.1 Å². The maximum atomic E-state index is 13.8. The van der Waals surface area contributed by atoms with Gasteiger partial charge in [0.1, 0.15) is 11.9 Å². The van der Waals surface area contributed by atoms with Gasteiger partial charge in [0.25, 0.3) is 0 Å². The van der Waals surface area contributed by atoms with Gasteiger partial charge in [-0.25, -0.2) is 4.39 Å². The molecule has 3 aromatic rings. The third-order valence-electron chi connectivity index (χ3n) is 4.26. The van der Waals surface area contributed by atoms with E-state index < -0.39 is 11.9 Å². The second-order valence-corrected chi connectivity index (χ2v) is 7.07. The van der Waals surface area contributed by atoms with Crippen LogP contribution in [0.3, 0.4) is 0 Å². The molecule has 0 aliphatic carbocycles. The van der Waals surface area contributed by atoms with E-state index in [0.717, 1.165) is 11.0 Å². The molecule has 11 heteroatoms. The van der Waals surface area contributed by atoms with Crippen LogP contribution in [-0.2, 0) is 11.8 Å². The largest absolute Gasteiger partial charge is 0.482 e. The van der Waals surface area contributed by atoms with Gasteiger partial charge in [-0.3, -0.25) is 14.5 Å². The normalized spacial score (nSPS) is 11.8. The van der Waals surface area contributed by atoms with E-state index in [4.69, 9.17) is 33.7 Å². The summed E-state index contributed by atoms with van der Waals surface area (Å²) in [6.07, 6.45) is 1.18. The molecule has 0 radical (unpaired) electrons. The smallest absolute Gasteiger partial charge is 0.250 e. The average Bonchev–Trinajstić information content (AvgIpc) is 2.70. The molecule has 0 bridgehead atoms. The van der Waals surface area contributed by atoms with Crippen LogP contribution in [0.15, 0.2) is 41.3 Å². The first-order valence-electron chi connectivity index (χ1n) is 8.57. The lowest BCUT2D eigenvalue weighted by atomic mass is 10.1. The quantitative estimate of drug-likeness (QED) is 0.453. The summed E-state index contributed by atoms with van der Waals surface area (Å²) in [5.41, 5.74) is 6.23. The molecule has 2 heterocycles. The molecule has 2 aromatic heterocycles. The Labute approximate surface area is 180 Å². The molecule has 1 atom stereocenters. The molecule has 156 valence electrons. The number of nitrogen functional groups attached to an aromatic ring is 1. The van der Waals surface area contributed by atoms with Crippen LogP contribution in [0.2, 0.25) is 10.0 Å². The number of ether oxygens (including phenoxy) is 1. The molecule has 8 nitrogen and oxygen atoms in total. The number of rotatable bonds is 6. The number of pyridine rings is 1. The summed E-state index contributed by atoms with van der Waals surface area (Å²) in [5, 5.41) is 7.77. The Morgan fingerprint density at radius 1 is 1.27 bits per heavy atom. The number of nitrogens with zero attached hydrogens (tertiary/aromatic N) is 4. The lowest BCUT2D eigenvalue weighted by Crippen LogP contribution is -2.21. The zero-order chi connectivity index (χ0) is 22.0. The van der Waals surface area contributed by atoms with Gasteiger partial charge in [-0.15, -0.1) is 10.2 Å². The van der Waals surface area contributed by atoms with E-state index in [2.05, 4.69) is 10.2 Å². The molecular weight excluding hydrogens is 436 g/mol. The molecule has 0 spiro atoms. The number of hydrogen-bond acceptors (Lipinski definition) is 6. The molecule has 0 fully saturated rings. The van der Waals surface area contributed by atoms with Gasteiger partial charge in [0.05, 0.1) is 10.7 Å². The minimum Gasteiger partial charge on any atom is -0.482 e. The summed E-state index contributed by atoms with van der Waals surface area (Å²) in [6, 6.07) is 6.68. The van der Waals surface area contributed by atoms with E-state index in [9.17, 15) is 14.0 Å². The Bertz CT molecular complexity index is 1170. The number of anilines is 3. The van der Waals surface area contributed by atoms with Gasteiger partial charge in [0, 0.05) is 36.0 Å². The van der Waals surface area contributed by atoms with Crippen molar-refractivity contribution in [2.45, 2.75) is 13.0 Å². The summed E-state index contributed by atoms with van der Waals surface area (Å²) in [6.45, 7) is 1.61. The van der Waals surface area contributed by atoms with Gasteiger partial charge >= 0.3 is 0 Å². The highest BCUT2D eigenvalue weighted by atomic mass is 35.5. The Morgan fingerprint density at radius 3 is 2.67 bits per heavy atom. The molecule has 1 aromatic carbocycles. The van der Waals surface area contributed by atoms with Crippen molar-refractivity contribution in [3.05, 3.63) is 68.3 Å². The second kappa shape index (κ2) is 8.68. The van der Waals surface area contributed by atoms with Gasteiger partial charge in [0.2, 0.25) is 12.0 Å². The number of nitrogens with two attached hydrogens (primary N) is 1. The third kappa shape index (κ3) is 4.22. The van der Waals surface area contributed by atoms with Crippen LogP contribution >= 0.6 is 23.2 Å². The second-order valence-electron chi connectivity index (χ2n) is 6.28. The van der Waals surface area contributed by atoms with Crippen LogP contribution in [-0.4, -0.2) is 21.2 Å². The third-order valence-corrected chi connectivity index (χ3v) is 4.98. The van der Waals surface area contributed by atoms with Crippen molar-refractivity contribution in [2.75, 3.05) is 10.6 Å². The number of amides is 1. The number of hydrogen-bond donors (Lipinski definition) is 1. The molecule has 3 rings (SSSR count). The highest BCUT2D eigenvalue weighted by molar-refractivity contribution is 6.36. The van der Waals surface area contributed by atoms with Crippen molar-refractivity contribution in [1.82, 2.24) is 14.8 Å². The Morgan fingerprint density at radius 2 is 2.00 bits per heavy atom. The molecule has 0 saturated heterocycles. The van der Waals surface area contributed by atoms with Crippen LogP contribution < -0.4 is 20.9 Å². The average molecular weight is 452 g/mol. The predicted molar refractivity (Wildman–Crippen MR) is 112 cm³/mol. The first-order chi connectivity index (χ1) is 14.2. The number of aryl methyl sites for hydroxylation is 1. The van der Waals surface area contributed by atoms with Crippen molar-refractivity contribution < 1.29 is 13.9 Å². The number of carbonyl (C=O) groups is 1. The van der Waals surface area contributed by atoms with Crippen molar-refractivity contribution in [1.29, 1.82) is 0 Å². The minimum absolute atomic E-state index is 0.0550. The summed E-state index contributed by atoms with van der Waals surface area (Å²) in [7, 11) is 1.55. The number of benzene rings is 1. The van der Waals surface area contributed by atoms with Gasteiger partial charge in [-0.1, -0.05) is 23.2 Å². The molecule has 0 aliphatic rings. The van der Waals surface area contributed by atoms with E-state index in [1.807, 2.05) is 0 Å². The van der Waals surface area contributed by atoms with Gasteiger partial charge in [0.15, 0.2) is 17.4 Å². The fourth-order valence-electron chi connectivity index (χ4n) is 2.72. The van der Waals surface area contributed by atoms with Gasteiger partial charge in [-0.05, 0) is 25.1 Å². The Kier molecular flexibility index (Phi) is 6.23. The van der Waals surface area contributed by atoms with Crippen LogP contribution in [0.5, 0.6) is 5.75 Å². The first-order valence-corrected chi connectivity index (χ1v) is 9.33. The zero-order valence-corrected chi connectivity index (χ0v) is 17.4. The highest BCUT2D eigenvalue weighted by Gasteiger charge is 2.21. The van der Waals surface area contributed by atoms with Gasteiger partial charge in [-0.2, -0.15) is 0 Å². The van der Waals surface area contributed by atoms with E-state index in [1.165, 1.54) is 35.0 Å². The molecule has 0 saturated carbocycles. The molecule has 0 aliphatic heterocycles. The number of halogens is 3. The monoisotopic (exact) mass is 451 g/mol. The maximum Gasteiger partial charge on any atom is 0.250 e. The standard InChI is InChI=1S/C19H16Cl2FN5O3/c1-10(17-12(20)4-5-13(22)18(17)21)30-14-7-15(24-25-19(14)23)27(9-28)11-3-6-16(29)26(2)8-11/h3-10H,1-2H3,(H2,23,25)/t10-/m0/s1. The topological polar surface area (TPSA) is 103 Å². The van der Waals surface area contributed by atoms with Crippen molar-refractivity contribution in [2.24, 2.45) is 7.05 Å². The van der Waals surface area contributed by atoms with Crippen LogP contribution in [0.1, 0.15) is 18.6 Å². The summed E-state index contributed by atoms with van der Waals surface area (Å²) < 4.78 is 20.9.